The van der Waals surface area contributed by atoms with Crippen molar-refractivity contribution in [1.29, 1.82) is 5.26 Å². The fourth-order valence-electron chi connectivity index (χ4n) is 2.58. The van der Waals surface area contributed by atoms with Gasteiger partial charge in [-0.15, -0.1) is 0 Å². The second-order valence-electron chi connectivity index (χ2n) is 5.21. The number of ether oxygens (including phenoxy) is 2. The summed E-state index contributed by atoms with van der Waals surface area (Å²) in [6.07, 6.45) is 0. The fraction of sp³-hybridized carbons (Fsp3) is 0.562. The van der Waals surface area contributed by atoms with Gasteiger partial charge in [0.2, 0.25) is 0 Å². The number of piperazine rings is 1. The second-order valence-corrected chi connectivity index (χ2v) is 5.21. The Labute approximate surface area is 126 Å². The summed E-state index contributed by atoms with van der Waals surface area (Å²) >= 11 is 0. The van der Waals surface area contributed by atoms with Crippen molar-refractivity contribution in [2.45, 2.75) is 13.0 Å². The highest BCUT2D eigenvalue weighted by Crippen LogP contribution is 2.32. The first kappa shape index (κ1) is 15.6. The quantitative estimate of drug-likeness (QED) is 0.828. The SMILES string of the molecule is CCOc1cc(C(C#N)N2CCN(C)CC2)ccc1OC. The van der Waals surface area contributed by atoms with Gasteiger partial charge in [0.1, 0.15) is 6.04 Å². The normalized spacial score (nSPS) is 18.0. The molecule has 0 saturated carbocycles. The molecule has 1 atom stereocenters. The van der Waals surface area contributed by atoms with Crippen molar-refractivity contribution in [3.8, 4) is 17.6 Å². The second kappa shape index (κ2) is 7.30. The van der Waals surface area contributed by atoms with Crippen LogP contribution < -0.4 is 9.47 Å². The summed E-state index contributed by atoms with van der Waals surface area (Å²) in [5.41, 5.74) is 0.964. The van der Waals surface area contributed by atoms with E-state index in [0.29, 0.717) is 18.1 Å². The number of nitrogens with zero attached hydrogens (tertiary/aromatic N) is 3. The smallest absolute Gasteiger partial charge is 0.161 e. The Balaban J connectivity index is 2.22. The lowest BCUT2D eigenvalue weighted by molar-refractivity contribution is 0.132. The van der Waals surface area contributed by atoms with Gasteiger partial charge in [-0.25, -0.2) is 0 Å². The van der Waals surface area contributed by atoms with Gasteiger partial charge in [-0.2, -0.15) is 5.26 Å². The van der Waals surface area contributed by atoms with Crippen molar-refractivity contribution in [3.05, 3.63) is 23.8 Å². The van der Waals surface area contributed by atoms with Gasteiger partial charge in [-0.05, 0) is 31.7 Å². The van der Waals surface area contributed by atoms with E-state index in [-0.39, 0.29) is 6.04 Å². The van der Waals surface area contributed by atoms with Crippen molar-refractivity contribution in [2.75, 3.05) is 46.9 Å². The lowest BCUT2D eigenvalue weighted by atomic mass is 10.0. The Morgan fingerprint density at radius 2 is 1.95 bits per heavy atom. The van der Waals surface area contributed by atoms with E-state index in [1.54, 1.807) is 7.11 Å². The average Bonchev–Trinajstić information content (AvgIpc) is 2.50. The van der Waals surface area contributed by atoms with Gasteiger partial charge in [0, 0.05) is 26.2 Å². The zero-order valence-electron chi connectivity index (χ0n) is 13.0. The van der Waals surface area contributed by atoms with E-state index in [0.717, 1.165) is 31.7 Å². The van der Waals surface area contributed by atoms with Gasteiger partial charge >= 0.3 is 0 Å². The molecule has 0 N–H and O–H groups in total. The monoisotopic (exact) mass is 289 g/mol. The molecule has 1 aromatic rings. The zero-order chi connectivity index (χ0) is 15.2. The molecule has 0 aromatic heterocycles. The molecule has 1 fully saturated rings. The summed E-state index contributed by atoms with van der Waals surface area (Å²) in [5.74, 6) is 1.41. The van der Waals surface area contributed by atoms with E-state index in [4.69, 9.17) is 9.47 Å². The summed E-state index contributed by atoms with van der Waals surface area (Å²) in [6, 6.07) is 7.94. The van der Waals surface area contributed by atoms with E-state index in [1.165, 1.54) is 0 Å². The maximum atomic E-state index is 9.57. The summed E-state index contributed by atoms with van der Waals surface area (Å²) in [6.45, 7) is 6.31. The summed E-state index contributed by atoms with van der Waals surface area (Å²) in [5, 5.41) is 9.57. The van der Waals surface area contributed by atoms with E-state index in [1.807, 2.05) is 25.1 Å². The Morgan fingerprint density at radius 3 is 2.52 bits per heavy atom. The molecule has 0 spiro atoms. The van der Waals surface area contributed by atoms with Crippen LogP contribution in [0.4, 0.5) is 0 Å². The molecular weight excluding hydrogens is 266 g/mol. The van der Waals surface area contributed by atoms with Crippen LogP contribution >= 0.6 is 0 Å². The summed E-state index contributed by atoms with van der Waals surface area (Å²) in [7, 11) is 3.74. The molecule has 1 aliphatic rings. The molecule has 21 heavy (non-hydrogen) atoms. The minimum Gasteiger partial charge on any atom is -0.493 e. The molecule has 114 valence electrons. The first-order chi connectivity index (χ1) is 10.2. The average molecular weight is 289 g/mol. The molecule has 1 heterocycles. The van der Waals surface area contributed by atoms with E-state index in [9.17, 15) is 5.26 Å². The zero-order valence-corrected chi connectivity index (χ0v) is 13.0. The summed E-state index contributed by atoms with van der Waals surface area (Å²) in [4.78, 5) is 4.50. The maximum absolute atomic E-state index is 9.57. The van der Waals surface area contributed by atoms with Crippen LogP contribution in [0, 0.1) is 11.3 Å². The van der Waals surface area contributed by atoms with Gasteiger partial charge < -0.3 is 14.4 Å². The lowest BCUT2D eigenvalue weighted by Gasteiger charge is -2.35. The Hall–Kier alpha value is -1.77. The van der Waals surface area contributed by atoms with Gasteiger partial charge in [0.15, 0.2) is 11.5 Å². The van der Waals surface area contributed by atoms with E-state index >= 15 is 0 Å². The Kier molecular flexibility index (Phi) is 5.43. The number of hydrogen-bond donors (Lipinski definition) is 0. The van der Waals surface area contributed by atoms with Crippen LogP contribution in [0.15, 0.2) is 18.2 Å². The molecule has 0 aliphatic carbocycles. The Bertz CT molecular complexity index is 505. The first-order valence-electron chi connectivity index (χ1n) is 7.32. The third kappa shape index (κ3) is 3.66. The third-order valence-electron chi connectivity index (χ3n) is 3.83. The number of nitriles is 1. The van der Waals surface area contributed by atoms with Crippen LogP contribution in [0.3, 0.4) is 0 Å². The van der Waals surface area contributed by atoms with Crippen LogP contribution in [0.1, 0.15) is 18.5 Å². The number of likely N-dealkylation sites (N-methyl/N-ethyl adjacent to an activating group) is 1. The molecular formula is C16H23N3O2. The molecule has 2 rings (SSSR count). The molecule has 5 nitrogen and oxygen atoms in total. The molecule has 1 saturated heterocycles. The molecule has 1 aliphatic heterocycles. The van der Waals surface area contributed by atoms with Gasteiger partial charge in [-0.3, -0.25) is 4.90 Å². The lowest BCUT2D eigenvalue weighted by Crippen LogP contribution is -2.45. The molecule has 0 amide bonds. The highest BCUT2D eigenvalue weighted by molar-refractivity contribution is 5.45. The van der Waals surface area contributed by atoms with Crippen LogP contribution in [0.2, 0.25) is 0 Å². The van der Waals surface area contributed by atoms with Crippen LogP contribution in [-0.4, -0.2) is 56.7 Å². The summed E-state index contributed by atoms with van der Waals surface area (Å²) < 4.78 is 10.9. The van der Waals surface area contributed by atoms with Crippen molar-refractivity contribution in [1.82, 2.24) is 9.80 Å². The largest absolute Gasteiger partial charge is 0.493 e. The predicted octanol–water partition coefficient (Wildman–Crippen LogP) is 1.91. The Morgan fingerprint density at radius 1 is 1.24 bits per heavy atom. The predicted molar refractivity (Wildman–Crippen MR) is 81.6 cm³/mol. The van der Waals surface area contributed by atoms with Gasteiger partial charge in [0.25, 0.3) is 0 Å². The van der Waals surface area contributed by atoms with Crippen molar-refractivity contribution in [3.63, 3.8) is 0 Å². The van der Waals surface area contributed by atoms with Gasteiger partial charge in [-0.1, -0.05) is 6.07 Å². The minimum absolute atomic E-state index is 0.233. The molecule has 0 radical (unpaired) electrons. The number of methoxy groups -OCH3 is 1. The minimum atomic E-state index is -0.233. The van der Waals surface area contributed by atoms with Crippen molar-refractivity contribution in [2.24, 2.45) is 0 Å². The van der Waals surface area contributed by atoms with Crippen LogP contribution in [-0.2, 0) is 0 Å². The molecule has 1 aromatic carbocycles. The van der Waals surface area contributed by atoms with Crippen LogP contribution in [0.5, 0.6) is 11.5 Å². The van der Waals surface area contributed by atoms with E-state index in [2.05, 4.69) is 22.9 Å². The maximum Gasteiger partial charge on any atom is 0.161 e. The molecule has 5 heteroatoms. The highest BCUT2D eigenvalue weighted by Gasteiger charge is 2.24. The van der Waals surface area contributed by atoms with Crippen molar-refractivity contribution < 1.29 is 9.47 Å². The van der Waals surface area contributed by atoms with E-state index < -0.39 is 0 Å². The standard InChI is InChI=1S/C16H23N3O2/c1-4-21-16-11-13(5-6-15(16)20-3)14(12-17)19-9-7-18(2)8-10-19/h5-6,11,14H,4,7-10H2,1-3H3. The highest BCUT2D eigenvalue weighted by atomic mass is 16.5. The molecule has 0 bridgehead atoms. The molecule has 1 unspecified atom stereocenters. The number of benzene rings is 1. The number of rotatable bonds is 5. The van der Waals surface area contributed by atoms with Crippen LogP contribution in [0.25, 0.3) is 0 Å². The fourth-order valence-corrected chi connectivity index (χ4v) is 2.58. The topological polar surface area (TPSA) is 48.7 Å². The van der Waals surface area contributed by atoms with Crippen molar-refractivity contribution >= 4 is 0 Å². The number of hydrogen-bond acceptors (Lipinski definition) is 5. The third-order valence-corrected chi connectivity index (χ3v) is 3.83. The van der Waals surface area contributed by atoms with Gasteiger partial charge in [0.05, 0.1) is 19.8 Å². The first-order valence-corrected chi connectivity index (χ1v) is 7.32.